The maximum absolute atomic E-state index is 5.61. The number of fused-ring (bicyclic) bond motifs is 1. The topological polar surface area (TPSA) is 106 Å². The quantitative estimate of drug-likeness (QED) is 0.708. The van der Waals surface area contributed by atoms with Gasteiger partial charge < -0.3 is 20.3 Å². The molecule has 1 aliphatic rings. The van der Waals surface area contributed by atoms with Crippen LogP contribution in [0.4, 0.5) is 17.6 Å². The van der Waals surface area contributed by atoms with Crippen LogP contribution in [0.15, 0.2) is 24.5 Å². The Kier molecular flexibility index (Phi) is 5.16. The number of rotatable bonds is 5. The molecule has 0 spiro atoms. The van der Waals surface area contributed by atoms with Gasteiger partial charge in [0.15, 0.2) is 11.6 Å². The van der Waals surface area contributed by atoms with Gasteiger partial charge in [-0.1, -0.05) is 0 Å². The van der Waals surface area contributed by atoms with Gasteiger partial charge in [0.25, 0.3) is 0 Å². The van der Waals surface area contributed by atoms with Gasteiger partial charge in [-0.25, -0.2) is 24.9 Å². The summed E-state index contributed by atoms with van der Waals surface area (Å²) in [6, 6.07) is 4.01. The second-order valence-corrected chi connectivity index (χ2v) is 6.51. The van der Waals surface area contributed by atoms with E-state index < -0.39 is 0 Å². The number of nitrogens with two attached hydrogens (primary N) is 1. The highest BCUT2D eigenvalue weighted by Gasteiger charge is 2.20. The highest BCUT2D eigenvalue weighted by atomic mass is 16.5. The Balaban J connectivity index is 1.87. The fraction of sp³-hybridized carbons (Fsp3) is 0.421. The van der Waals surface area contributed by atoms with E-state index in [1.165, 1.54) is 0 Å². The zero-order valence-electron chi connectivity index (χ0n) is 16.2. The molecule has 28 heavy (non-hydrogen) atoms. The van der Waals surface area contributed by atoms with Gasteiger partial charge in [-0.3, -0.25) is 0 Å². The minimum absolute atomic E-state index is 0.225. The first-order valence-corrected chi connectivity index (χ1v) is 9.54. The van der Waals surface area contributed by atoms with Gasteiger partial charge in [-0.15, -0.1) is 0 Å². The van der Waals surface area contributed by atoms with E-state index in [9.17, 15) is 0 Å². The van der Waals surface area contributed by atoms with Gasteiger partial charge in [0, 0.05) is 38.6 Å². The van der Waals surface area contributed by atoms with Crippen molar-refractivity contribution >= 4 is 28.6 Å². The van der Waals surface area contributed by atoms with Crippen molar-refractivity contribution in [1.82, 2.24) is 24.9 Å². The van der Waals surface area contributed by atoms with Crippen molar-refractivity contribution in [3.8, 4) is 11.4 Å². The highest BCUT2D eigenvalue weighted by molar-refractivity contribution is 5.88. The van der Waals surface area contributed by atoms with E-state index in [2.05, 4.69) is 33.6 Å². The molecule has 4 heterocycles. The van der Waals surface area contributed by atoms with Crippen molar-refractivity contribution in [2.45, 2.75) is 13.8 Å². The molecule has 0 aromatic carbocycles. The number of morpholine rings is 1. The number of hydrogen-bond acceptors (Lipinski definition) is 9. The molecule has 0 saturated carbocycles. The normalized spacial score (nSPS) is 14.4. The lowest BCUT2D eigenvalue weighted by atomic mass is 10.2. The van der Waals surface area contributed by atoms with Crippen molar-refractivity contribution in [2.24, 2.45) is 0 Å². The van der Waals surface area contributed by atoms with E-state index in [0.29, 0.717) is 19.0 Å². The third kappa shape index (κ3) is 3.53. The number of pyridine rings is 1. The number of hydrogen-bond donors (Lipinski definition) is 1. The number of nitrogens with zero attached hydrogens (tertiary/aromatic N) is 7. The third-order valence-corrected chi connectivity index (χ3v) is 4.84. The average molecular weight is 380 g/mol. The molecule has 9 nitrogen and oxygen atoms in total. The maximum Gasteiger partial charge on any atom is 0.219 e. The minimum Gasteiger partial charge on any atom is -0.378 e. The standard InChI is InChI=1S/C19H24N8O/c1-3-26(4-2)15-6-5-14-16(24-15)18(27-7-9-28-10-8-27)25-17(23-14)13-11-21-19(20)22-12-13/h5-6,11-12H,3-4,7-10H2,1-2H3,(H2,20,21,22). The zero-order chi connectivity index (χ0) is 19.5. The molecule has 0 radical (unpaired) electrons. The Morgan fingerprint density at radius 1 is 1.04 bits per heavy atom. The molecule has 146 valence electrons. The molecule has 0 aliphatic carbocycles. The van der Waals surface area contributed by atoms with Gasteiger partial charge in [0.2, 0.25) is 5.95 Å². The van der Waals surface area contributed by atoms with Gasteiger partial charge in [0.1, 0.15) is 11.3 Å². The largest absolute Gasteiger partial charge is 0.378 e. The van der Waals surface area contributed by atoms with Crippen molar-refractivity contribution < 1.29 is 4.74 Å². The molecule has 0 amide bonds. The zero-order valence-corrected chi connectivity index (χ0v) is 16.2. The molecule has 2 N–H and O–H groups in total. The summed E-state index contributed by atoms with van der Waals surface area (Å²) < 4.78 is 5.51. The average Bonchev–Trinajstić information content (AvgIpc) is 2.75. The Morgan fingerprint density at radius 2 is 1.75 bits per heavy atom. The Hall–Kier alpha value is -3.07. The van der Waals surface area contributed by atoms with Gasteiger partial charge >= 0.3 is 0 Å². The highest BCUT2D eigenvalue weighted by Crippen LogP contribution is 2.28. The predicted molar refractivity (Wildman–Crippen MR) is 109 cm³/mol. The summed E-state index contributed by atoms with van der Waals surface area (Å²) in [6.45, 7) is 8.90. The van der Waals surface area contributed by atoms with Crippen LogP contribution in [-0.2, 0) is 4.74 Å². The first-order valence-electron chi connectivity index (χ1n) is 9.54. The van der Waals surface area contributed by atoms with E-state index in [-0.39, 0.29) is 5.95 Å². The Morgan fingerprint density at radius 3 is 2.43 bits per heavy atom. The molecule has 1 aliphatic heterocycles. The molecule has 3 aromatic rings. The number of anilines is 3. The molecule has 1 fully saturated rings. The van der Waals surface area contributed by atoms with Crippen LogP contribution in [0.1, 0.15) is 13.8 Å². The van der Waals surface area contributed by atoms with Crippen LogP contribution >= 0.6 is 0 Å². The Labute approximate surface area is 163 Å². The van der Waals surface area contributed by atoms with Crippen LogP contribution in [0, 0.1) is 0 Å². The van der Waals surface area contributed by atoms with Crippen molar-refractivity contribution in [2.75, 3.05) is 54.9 Å². The van der Waals surface area contributed by atoms with Gasteiger partial charge in [-0.05, 0) is 26.0 Å². The van der Waals surface area contributed by atoms with Crippen LogP contribution in [-0.4, -0.2) is 64.3 Å². The summed E-state index contributed by atoms with van der Waals surface area (Å²) in [6.07, 6.45) is 3.29. The maximum atomic E-state index is 5.61. The second kappa shape index (κ2) is 7.89. The molecule has 1 saturated heterocycles. The molecule has 0 bridgehead atoms. The SMILES string of the molecule is CCN(CC)c1ccc2nc(-c3cnc(N)nc3)nc(N3CCOCC3)c2n1. The molecular weight excluding hydrogens is 356 g/mol. The van der Waals surface area contributed by atoms with Crippen LogP contribution in [0.25, 0.3) is 22.4 Å². The van der Waals surface area contributed by atoms with E-state index in [1.807, 2.05) is 12.1 Å². The van der Waals surface area contributed by atoms with Gasteiger partial charge in [0.05, 0.1) is 24.3 Å². The lowest BCUT2D eigenvalue weighted by molar-refractivity contribution is 0.122. The third-order valence-electron chi connectivity index (χ3n) is 4.84. The number of nitrogen functional groups attached to an aromatic ring is 1. The first-order chi connectivity index (χ1) is 13.7. The van der Waals surface area contributed by atoms with Crippen LogP contribution in [0.2, 0.25) is 0 Å². The number of aromatic nitrogens is 5. The molecule has 9 heteroatoms. The fourth-order valence-electron chi connectivity index (χ4n) is 3.29. The molecule has 0 atom stereocenters. The van der Waals surface area contributed by atoms with Crippen LogP contribution < -0.4 is 15.5 Å². The van der Waals surface area contributed by atoms with E-state index in [0.717, 1.165) is 54.4 Å². The monoisotopic (exact) mass is 380 g/mol. The first kappa shape index (κ1) is 18.3. The minimum atomic E-state index is 0.225. The van der Waals surface area contributed by atoms with Crippen molar-refractivity contribution in [3.63, 3.8) is 0 Å². The summed E-state index contributed by atoms with van der Waals surface area (Å²) in [5, 5.41) is 0. The summed E-state index contributed by atoms with van der Waals surface area (Å²) in [7, 11) is 0. The Bertz CT molecular complexity index is 952. The van der Waals surface area contributed by atoms with Crippen LogP contribution in [0.5, 0.6) is 0 Å². The van der Waals surface area contributed by atoms with Crippen LogP contribution in [0.3, 0.4) is 0 Å². The summed E-state index contributed by atoms with van der Waals surface area (Å²) >= 11 is 0. The van der Waals surface area contributed by atoms with Crippen molar-refractivity contribution in [1.29, 1.82) is 0 Å². The molecule has 4 rings (SSSR count). The fourth-order valence-corrected chi connectivity index (χ4v) is 3.29. The predicted octanol–water partition coefficient (Wildman–Crippen LogP) is 1.75. The molecular formula is C19H24N8O. The van der Waals surface area contributed by atoms with E-state index >= 15 is 0 Å². The summed E-state index contributed by atoms with van der Waals surface area (Å²) in [4.78, 5) is 27.0. The lowest BCUT2D eigenvalue weighted by Crippen LogP contribution is -2.37. The number of ether oxygens (including phenoxy) is 1. The second-order valence-electron chi connectivity index (χ2n) is 6.51. The van der Waals surface area contributed by atoms with Gasteiger partial charge in [-0.2, -0.15) is 0 Å². The lowest BCUT2D eigenvalue weighted by Gasteiger charge is -2.29. The van der Waals surface area contributed by atoms with E-state index in [1.54, 1.807) is 12.4 Å². The smallest absolute Gasteiger partial charge is 0.219 e. The summed E-state index contributed by atoms with van der Waals surface area (Å²) in [5.41, 5.74) is 7.92. The van der Waals surface area contributed by atoms with Crippen molar-refractivity contribution in [3.05, 3.63) is 24.5 Å². The molecule has 0 unspecified atom stereocenters. The molecule has 3 aromatic heterocycles. The summed E-state index contributed by atoms with van der Waals surface area (Å²) in [5.74, 6) is 2.53. The van der Waals surface area contributed by atoms with E-state index in [4.69, 9.17) is 25.4 Å².